The van der Waals surface area contributed by atoms with E-state index in [4.69, 9.17) is 0 Å². The molecule has 3 nitrogen and oxygen atoms in total. The Kier molecular flexibility index (Phi) is 4.55. The lowest BCUT2D eigenvalue weighted by Crippen LogP contribution is -2.26. The number of rotatable bonds is 5. The lowest BCUT2D eigenvalue weighted by atomic mass is 9.85. The number of imidazole rings is 1. The molecule has 0 saturated carbocycles. The summed E-state index contributed by atoms with van der Waals surface area (Å²) < 4.78 is 13.1. The number of aromatic amines is 1. The minimum Gasteiger partial charge on any atom is -0.348 e. The van der Waals surface area contributed by atoms with Crippen molar-refractivity contribution in [3.63, 3.8) is 0 Å². The maximum Gasteiger partial charge on any atom is 0.123 e. The van der Waals surface area contributed by atoms with Crippen LogP contribution in [0.5, 0.6) is 0 Å². The maximum absolute atomic E-state index is 13.1. The van der Waals surface area contributed by atoms with Crippen molar-refractivity contribution in [2.75, 3.05) is 0 Å². The first-order valence-corrected chi connectivity index (χ1v) is 6.91. The van der Waals surface area contributed by atoms with Crippen molar-refractivity contribution in [2.24, 2.45) is 5.41 Å². The summed E-state index contributed by atoms with van der Waals surface area (Å²) in [4.78, 5) is 7.30. The molecule has 0 radical (unpaired) electrons. The fraction of sp³-hybridized carbons (Fsp3) is 0.438. The Bertz CT molecular complexity index is 512. The fourth-order valence-electron chi connectivity index (χ4n) is 2.23. The summed E-state index contributed by atoms with van der Waals surface area (Å²) in [5, 5.41) is 3.50. The monoisotopic (exact) mass is 275 g/mol. The topological polar surface area (TPSA) is 40.7 Å². The van der Waals surface area contributed by atoms with Gasteiger partial charge in [0.1, 0.15) is 11.6 Å². The van der Waals surface area contributed by atoms with Gasteiger partial charge in [-0.3, -0.25) is 0 Å². The van der Waals surface area contributed by atoms with Crippen molar-refractivity contribution in [3.05, 3.63) is 53.9 Å². The molecular weight excluding hydrogens is 253 g/mol. The van der Waals surface area contributed by atoms with E-state index in [1.165, 1.54) is 12.1 Å². The van der Waals surface area contributed by atoms with Gasteiger partial charge in [0.15, 0.2) is 0 Å². The van der Waals surface area contributed by atoms with Gasteiger partial charge in [-0.1, -0.05) is 32.9 Å². The van der Waals surface area contributed by atoms with Crippen LogP contribution in [0, 0.1) is 11.2 Å². The molecule has 0 bridgehead atoms. The van der Waals surface area contributed by atoms with Crippen molar-refractivity contribution in [1.82, 2.24) is 15.3 Å². The Hall–Kier alpha value is -1.68. The van der Waals surface area contributed by atoms with Crippen molar-refractivity contribution < 1.29 is 4.39 Å². The van der Waals surface area contributed by atoms with E-state index in [2.05, 4.69) is 36.1 Å². The predicted molar refractivity (Wildman–Crippen MR) is 78.6 cm³/mol. The number of H-pyrrole nitrogens is 1. The average Bonchev–Trinajstić information content (AvgIpc) is 2.87. The summed E-state index contributed by atoms with van der Waals surface area (Å²) in [6.45, 7) is 7.29. The van der Waals surface area contributed by atoms with Crippen LogP contribution in [0.25, 0.3) is 0 Å². The van der Waals surface area contributed by atoms with Crippen LogP contribution in [-0.4, -0.2) is 9.97 Å². The Morgan fingerprint density at radius 2 is 1.95 bits per heavy atom. The first-order valence-electron chi connectivity index (χ1n) is 6.91. The molecule has 1 aromatic heterocycles. The summed E-state index contributed by atoms with van der Waals surface area (Å²) in [5.41, 5.74) is 1.29. The van der Waals surface area contributed by atoms with Gasteiger partial charge in [0.2, 0.25) is 0 Å². The van der Waals surface area contributed by atoms with E-state index in [9.17, 15) is 4.39 Å². The summed E-state index contributed by atoms with van der Waals surface area (Å²) >= 11 is 0. The third-order valence-electron chi connectivity index (χ3n) is 3.16. The van der Waals surface area contributed by atoms with Gasteiger partial charge in [-0.15, -0.1) is 0 Å². The van der Waals surface area contributed by atoms with E-state index in [0.717, 1.165) is 17.8 Å². The van der Waals surface area contributed by atoms with E-state index in [-0.39, 0.29) is 17.3 Å². The van der Waals surface area contributed by atoms with Crippen LogP contribution in [0.1, 0.15) is 44.6 Å². The Morgan fingerprint density at radius 1 is 1.25 bits per heavy atom. The van der Waals surface area contributed by atoms with Crippen molar-refractivity contribution in [3.8, 4) is 0 Å². The predicted octanol–water partition coefficient (Wildman–Crippen LogP) is 3.82. The van der Waals surface area contributed by atoms with Crippen LogP contribution in [-0.2, 0) is 6.54 Å². The van der Waals surface area contributed by atoms with E-state index in [0.29, 0.717) is 6.54 Å². The second-order valence-corrected chi connectivity index (χ2v) is 6.29. The summed E-state index contributed by atoms with van der Waals surface area (Å²) in [7, 11) is 0. The number of nitrogens with one attached hydrogen (secondary N) is 2. The minimum atomic E-state index is -0.200. The number of benzene rings is 1. The van der Waals surface area contributed by atoms with Gasteiger partial charge in [0, 0.05) is 18.4 Å². The highest BCUT2D eigenvalue weighted by Gasteiger charge is 2.20. The number of hydrogen-bond donors (Lipinski definition) is 2. The molecule has 0 aliphatic rings. The molecule has 1 aromatic carbocycles. The SMILES string of the molecule is CC(C)(C)C[C@@H](NCc1ncc[nH]1)c1ccc(F)cc1. The maximum atomic E-state index is 13.1. The van der Waals surface area contributed by atoms with E-state index in [1.54, 1.807) is 6.20 Å². The third kappa shape index (κ3) is 4.46. The minimum absolute atomic E-state index is 0.181. The molecule has 2 aromatic rings. The molecular formula is C16H22FN3. The van der Waals surface area contributed by atoms with E-state index >= 15 is 0 Å². The smallest absolute Gasteiger partial charge is 0.123 e. The van der Waals surface area contributed by atoms with Crippen molar-refractivity contribution in [1.29, 1.82) is 0 Å². The molecule has 20 heavy (non-hydrogen) atoms. The van der Waals surface area contributed by atoms with Crippen LogP contribution in [0.3, 0.4) is 0 Å². The molecule has 4 heteroatoms. The Morgan fingerprint density at radius 3 is 2.50 bits per heavy atom. The van der Waals surface area contributed by atoms with Gasteiger partial charge < -0.3 is 10.3 Å². The van der Waals surface area contributed by atoms with Crippen LogP contribution in [0.15, 0.2) is 36.7 Å². The van der Waals surface area contributed by atoms with E-state index in [1.807, 2.05) is 18.3 Å². The van der Waals surface area contributed by atoms with Gasteiger partial charge >= 0.3 is 0 Å². The normalized spacial score (nSPS) is 13.4. The third-order valence-corrected chi connectivity index (χ3v) is 3.16. The lowest BCUT2D eigenvalue weighted by Gasteiger charge is -2.27. The Balaban J connectivity index is 2.09. The molecule has 2 N–H and O–H groups in total. The molecule has 0 aliphatic heterocycles. The van der Waals surface area contributed by atoms with Gasteiger partial charge in [-0.2, -0.15) is 0 Å². The molecule has 0 spiro atoms. The Labute approximate surface area is 119 Å². The second kappa shape index (κ2) is 6.18. The zero-order valence-corrected chi connectivity index (χ0v) is 12.3. The van der Waals surface area contributed by atoms with Gasteiger partial charge in [-0.25, -0.2) is 9.37 Å². The van der Waals surface area contributed by atoms with Crippen LogP contribution in [0.4, 0.5) is 4.39 Å². The molecule has 0 unspecified atom stereocenters. The highest BCUT2D eigenvalue weighted by Crippen LogP contribution is 2.29. The summed E-state index contributed by atoms with van der Waals surface area (Å²) in [6, 6.07) is 6.90. The van der Waals surface area contributed by atoms with Crippen LogP contribution in [0.2, 0.25) is 0 Å². The largest absolute Gasteiger partial charge is 0.348 e. The van der Waals surface area contributed by atoms with E-state index < -0.39 is 0 Å². The number of nitrogens with zero attached hydrogens (tertiary/aromatic N) is 1. The molecule has 0 fully saturated rings. The average molecular weight is 275 g/mol. The quantitative estimate of drug-likeness (QED) is 0.871. The summed E-state index contributed by atoms with van der Waals surface area (Å²) in [5.74, 6) is 0.709. The highest BCUT2D eigenvalue weighted by atomic mass is 19.1. The van der Waals surface area contributed by atoms with Crippen molar-refractivity contribution >= 4 is 0 Å². The molecule has 108 valence electrons. The van der Waals surface area contributed by atoms with Gasteiger partial charge in [0.25, 0.3) is 0 Å². The second-order valence-electron chi connectivity index (χ2n) is 6.29. The lowest BCUT2D eigenvalue weighted by molar-refractivity contribution is 0.309. The first kappa shape index (κ1) is 14.7. The molecule has 0 aliphatic carbocycles. The molecule has 0 amide bonds. The number of aromatic nitrogens is 2. The van der Waals surface area contributed by atoms with Gasteiger partial charge in [0.05, 0.1) is 6.54 Å². The van der Waals surface area contributed by atoms with Crippen LogP contribution < -0.4 is 5.32 Å². The number of halogens is 1. The summed E-state index contributed by atoms with van der Waals surface area (Å²) in [6.07, 6.45) is 4.53. The van der Waals surface area contributed by atoms with Crippen molar-refractivity contribution in [2.45, 2.75) is 39.8 Å². The standard InChI is InChI=1S/C16H22FN3/c1-16(2,3)10-14(12-4-6-13(17)7-5-12)20-11-15-18-8-9-19-15/h4-9,14,20H,10-11H2,1-3H3,(H,18,19)/t14-/m1/s1. The molecule has 1 atom stereocenters. The van der Waals surface area contributed by atoms with Gasteiger partial charge in [-0.05, 0) is 29.5 Å². The van der Waals surface area contributed by atoms with Crippen LogP contribution >= 0.6 is 0 Å². The zero-order valence-electron chi connectivity index (χ0n) is 12.3. The first-order chi connectivity index (χ1) is 9.44. The molecule has 1 heterocycles. The zero-order chi connectivity index (χ0) is 14.6. The highest BCUT2D eigenvalue weighted by molar-refractivity contribution is 5.20. The molecule has 0 saturated heterocycles. The number of hydrogen-bond acceptors (Lipinski definition) is 2. The molecule has 2 rings (SSSR count). The fourth-order valence-corrected chi connectivity index (χ4v) is 2.23.